The molecule has 1 aromatic carbocycles. The topological polar surface area (TPSA) is 103 Å². The molecule has 0 radical (unpaired) electrons. The largest absolute Gasteiger partial charge is 0.478 e. The summed E-state index contributed by atoms with van der Waals surface area (Å²) < 4.78 is 5.40. The molecule has 1 N–H and O–H groups in total. The molecule has 21 heavy (non-hydrogen) atoms. The lowest BCUT2D eigenvalue weighted by atomic mass is 10.2. The van der Waals surface area contributed by atoms with Crippen molar-refractivity contribution in [2.45, 2.75) is 6.92 Å². The van der Waals surface area contributed by atoms with Crippen molar-refractivity contribution in [2.24, 2.45) is 0 Å². The highest BCUT2D eigenvalue weighted by atomic mass is 35.5. The molecule has 0 aliphatic carbocycles. The number of rotatable bonds is 4. The normalized spacial score (nSPS) is 10.2. The zero-order chi connectivity index (χ0) is 15.6. The van der Waals surface area contributed by atoms with Crippen LogP contribution in [-0.2, 0) is 0 Å². The number of hydrogen-bond donors (Lipinski definition) is 1. The predicted octanol–water partition coefficient (Wildman–Crippen LogP) is 3.44. The second-order valence-corrected chi connectivity index (χ2v) is 4.53. The molecule has 0 atom stereocenters. The number of aryl methyl sites for hydroxylation is 1. The molecule has 7 nitrogen and oxygen atoms in total. The molecule has 0 fully saturated rings. The van der Waals surface area contributed by atoms with Crippen LogP contribution in [0.5, 0.6) is 11.6 Å². The monoisotopic (exact) mass is 308 g/mol. The van der Waals surface area contributed by atoms with E-state index in [1.807, 2.05) is 0 Å². The van der Waals surface area contributed by atoms with E-state index in [4.69, 9.17) is 21.4 Å². The first-order chi connectivity index (χ1) is 9.88. The number of pyridine rings is 1. The van der Waals surface area contributed by atoms with Gasteiger partial charge in [-0.15, -0.1) is 0 Å². The van der Waals surface area contributed by atoms with E-state index in [9.17, 15) is 14.9 Å². The van der Waals surface area contributed by atoms with Gasteiger partial charge in [0.1, 0.15) is 11.9 Å². The molecule has 8 heteroatoms. The molecule has 0 bridgehead atoms. The van der Waals surface area contributed by atoms with Gasteiger partial charge in [-0.25, -0.2) is 9.78 Å². The van der Waals surface area contributed by atoms with Gasteiger partial charge in [0, 0.05) is 11.6 Å². The lowest BCUT2D eigenvalue weighted by Gasteiger charge is -2.08. The van der Waals surface area contributed by atoms with Crippen molar-refractivity contribution in [3.05, 3.63) is 56.7 Å². The van der Waals surface area contributed by atoms with E-state index in [1.165, 1.54) is 24.3 Å². The van der Waals surface area contributed by atoms with Crippen molar-refractivity contribution in [3.8, 4) is 11.6 Å². The Morgan fingerprint density at radius 1 is 1.43 bits per heavy atom. The standard InChI is InChI=1S/C13H9ClN2O5/c1-7-4-12(15-6-10(7)16(19)20)21-11-3-2-8(13(17)18)5-9(11)14/h2-6H,1H3,(H,17,18). The van der Waals surface area contributed by atoms with Gasteiger partial charge in [-0.1, -0.05) is 11.6 Å². The lowest BCUT2D eigenvalue weighted by molar-refractivity contribution is -0.385. The Balaban J connectivity index is 2.28. The first-order valence-electron chi connectivity index (χ1n) is 5.70. The maximum absolute atomic E-state index is 10.8. The maximum atomic E-state index is 10.8. The highest BCUT2D eigenvalue weighted by molar-refractivity contribution is 6.32. The summed E-state index contributed by atoms with van der Waals surface area (Å²) in [4.78, 5) is 24.8. The van der Waals surface area contributed by atoms with E-state index < -0.39 is 10.9 Å². The second kappa shape index (κ2) is 5.76. The summed E-state index contributed by atoms with van der Waals surface area (Å²) in [5.41, 5.74) is 0.304. The Labute approximate surface area is 123 Å². The number of ether oxygens (including phenoxy) is 1. The molecule has 108 valence electrons. The van der Waals surface area contributed by atoms with E-state index in [1.54, 1.807) is 6.92 Å². The summed E-state index contributed by atoms with van der Waals surface area (Å²) >= 11 is 5.92. The van der Waals surface area contributed by atoms with E-state index in [0.717, 1.165) is 6.20 Å². The fourth-order valence-electron chi connectivity index (χ4n) is 1.60. The Morgan fingerprint density at radius 2 is 2.14 bits per heavy atom. The van der Waals surface area contributed by atoms with Crippen LogP contribution in [0.25, 0.3) is 0 Å². The van der Waals surface area contributed by atoms with Crippen molar-refractivity contribution in [3.63, 3.8) is 0 Å². The number of benzene rings is 1. The first-order valence-corrected chi connectivity index (χ1v) is 6.08. The van der Waals surface area contributed by atoms with Crippen molar-refractivity contribution < 1.29 is 19.6 Å². The van der Waals surface area contributed by atoms with Gasteiger partial charge in [-0.05, 0) is 25.1 Å². The number of carboxylic acids is 1. The Morgan fingerprint density at radius 3 is 2.67 bits per heavy atom. The van der Waals surface area contributed by atoms with Crippen LogP contribution in [0.2, 0.25) is 5.02 Å². The average molecular weight is 309 g/mol. The van der Waals surface area contributed by atoms with Crippen molar-refractivity contribution in [2.75, 3.05) is 0 Å². The highest BCUT2D eigenvalue weighted by Crippen LogP contribution is 2.30. The molecule has 1 heterocycles. The minimum Gasteiger partial charge on any atom is -0.478 e. The third-order valence-electron chi connectivity index (χ3n) is 2.65. The Bertz CT molecular complexity index is 732. The van der Waals surface area contributed by atoms with Crippen LogP contribution in [0.1, 0.15) is 15.9 Å². The van der Waals surface area contributed by atoms with Crippen LogP contribution < -0.4 is 4.74 Å². The molecule has 0 aliphatic rings. The van der Waals surface area contributed by atoms with Gasteiger partial charge in [0.25, 0.3) is 5.69 Å². The molecule has 0 saturated carbocycles. The smallest absolute Gasteiger partial charge is 0.335 e. The number of carboxylic acid groups (broad SMARTS) is 1. The number of aromatic carboxylic acids is 1. The molecule has 0 unspecified atom stereocenters. The van der Waals surface area contributed by atoms with Gasteiger partial charge in [0.15, 0.2) is 0 Å². The third kappa shape index (κ3) is 3.26. The minimum absolute atomic E-state index is 0.0280. The van der Waals surface area contributed by atoms with Gasteiger partial charge < -0.3 is 9.84 Å². The zero-order valence-corrected chi connectivity index (χ0v) is 11.5. The van der Waals surface area contributed by atoms with Crippen LogP contribution in [0.15, 0.2) is 30.5 Å². The summed E-state index contributed by atoms with van der Waals surface area (Å²) in [6.45, 7) is 1.56. The van der Waals surface area contributed by atoms with Gasteiger partial charge in [0.05, 0.1) is 15.5 Å². The molecule has 2 aromatic rings. The zero-order valence-electron chi connectivity index (χ0n) is 10.7. The number of halogens is 1. The minimum atomic E-state index is -1.10. The van der Waals surface area contributed by atoms with Crippen LogP contribution in [0.3, 0.4) is 0 Å². The average Bonchev–Trinajstić information content (AvgIpc) is 2.40. The highest BCUT2D eigenvalue weighted by Gasteiger charge is 2.14. The number of nitrogens with zero attached hydrogens (tertiary/aromatic N) is 2. The lowest BCUT2D eigenvalue weighted by Crippen LogP contribution is -1.97. The summed E-state index contributed by atoms with van der Waals surface area (Å²) in [6.07, 6.45) is 1.09. The van der Waals surface area contributed by atoms with E-state index in [-0.39, 0.29) is 27.9 Å². The number of carbonyl (C=O) groups is 1. The van der Waals surface area contributed by atoms with Crippen LogP contribution in [0.4, 0.5) is 5.69 Å². The summed E-state index contributed by atoms with van der Waals surface area (Å²) in [6, 6.07) is 5.38. The summed E-state index contributed by atoms with van der Waals surface area (Å²) in [5.74, 6) is -0.766. The van der Waals surface area contributed by atoms with Crippen LogP contribution in [0, 0.1) is 17.0 Å². The fraction of sp³-hybridized carbons (Fsp3) is 0.0769. The van der Waals surface area contributed by atoms with Crippen molar-refractivity contribution in [1.82, 2.24) is 4.98 Å². The third-order valence-corrected chi connectivity index (χ3v) is 2.94. The fourth-order valence-corrected chi connectivity index (χ4v) is 1.82. The van der Waals surface area contributed by atoms with Gasteiger partial charge in [0.2, 0.25) is 5.88 Å². The van der Waals surface area contributed by atoms with Gasteiger partial charge in [-0.3, -0.25) is 10.1 Å². The Hall–Kier alpha value is -2.67. The molecule has 0 spiro atoms. The van der Waals surface area contributed by atoms with E-state index in [2.05, 4.69) is 4.98 Å². The molecule has 0 amide bonds. The number of aromatic nitrogens is 1. The van der Waals surface area contributed by atoms with Gasteiger partial charge in [-0.2, -0.15) is 0 Å². The van der Waals surface area contributed by atoms with E-state index >= 15 is 0 Å². The first kappa shape index (κ1) is 14.7. The summed E-state index contributed by atoms with van der Waals surface area (Å²) in [7, 11) is 0. The molecule has 2 rings (SSSR count). The second-order valence-electron chi connectivity index (χ2n) is 4.12. The maximum Gasteiger partial charge on any atom is 0.335 e. The predicted molar refractivity (Wildman–Crippen MR) is 74.1 cm³/mol. The molecular weight excluding hydrogens is 300 g/mol. The summed E-state index contributed by atoms with van der Waals surface area (Å²) in [5, 5.41) is 19.6. The molecular formula is C13H9ClN2O5. The molecule has 0 aliphatic heterocycles. The van der Waals surface area contributed by atoms with Crippen molar-refractivity contribution in [1.29, 1.82) is 0 Å². The quantitative estimate of drug-likeness (QED) is 0.685. The number of nitro groups is 1. The van der Waals surface area contributed by atoms with Crippen molar-refractivity contribution >= 4 is 23.3 Å². The van der Waals surface area contributed by atoms with Crippen LogP contribution in [-0.4, -0.2) is 21.0 Å². The molecule has 1 aromatic heterocycles. The van der Waals surface area contributed by atoms with Gasteiger partial charge >= 0.3 is 5.97 Å². The Kier molecular flexibility index (Phi) is 4.04. The number of hydrogen-bond acceptors (Lipinski definition) is 5. The SMILES string of the molecule is Cc1cc(Oc2ccc(C(=O)O)cc2Cl)ncc1[N+](=O)[O-]. The van der Waals surface area contributed by atoms with Crippen LogP contribution >= 0.6 is 11.6 Å². The molecule has 0 saturated heterocycles. The van der Waals surface area contributed by atoms with E-state index in [0.29, 0.717) is 5.56 Å².